The molecule has 8 heteroatoms. The molecule has 7 nitrogen and oxygen atoms in total. The van der Waals surface area contributed by atoms with Crippen LogP contribution in [0.2, 0.25) is 0 Å². The number of hydrogen-bond acceptors (Lipinski definition) is 5. The quantitative estimate of drug-likeness (QED) is 0.591. The molecule has 0 spiro atoms. The highest BCUT2D eigenvalue weighted by molar-refractivity contribution is 7.89. The highest BCUT2D eigenvalue weighted by Gasteiger charge is 2.32. The van der Waals surface area contributed by atoms with Crippen LogP contribution in [-0.4, -0.2) is 60.8 Å². The molecule has 1 aliphatic rings. The van der Waals surface area contributed by atoms with Gasteiger partial charge >= 0.3 is 5.97 Å². The Bertz CT molecular complexity index is 879. The van der Waals surface area contributed by atoms with Crippen LogP contribution < -0.4 is 0 Å². The van der Waals surface area contributed by atoms with E-state index in [4.69, 9.17) is 4.74 Å². The van der Waals surface area contributed by atoms with E-state index in [0.717, 1.165) is 6.42 Å². The summed E-state index contributed by atoms with van der Waals surface area (Å²) in [6, 6.07) is 5.79. The highest BCUT2D eigenvalue weighted by Crippen LogP contribution is 2.27. The molecule has 1 heterocycles. The standard InChI is InChI=1S/C23H36N2O5S/c1-15(2)25(16(3)4)22(26)19(7)30-23(27)20-9-8-10-21(12-20)31(28,29)24-13-17(5)11-18(6)14-24/h8-10,12,15-19H,11,13-14H2,1-7H3. The van der Waals surface area contributed by atoms with Gasteiger partial charge in [-0.05, 0) is 71.1 Å². The lowest BCUT2D eigenvalue weighted by atomic mass is 9.94. The first-order valence-corrected chi connectivity index (χ1v) is 12.4. The zero-order valence-electron chi connectivity index (χ0n) is 19.7. The van der Waals surface area contributed by atoms with Crippen molar-refractivity contribution in [2.45, 2.75) is 78.0 Å². The number of ether oxygens (including phenoxy) is 1. The van der Waals surface area contributed by atoms with Gasteiger partial charge < -0.3 is 9.64 Å². The summed E-state index contributed by atoms with van der Waals surface area (Å²) in [4.78, 5) is 27.1. The van der Waals surface area contributed by atoms with E-state index in [2.05, 4.69) is 0 Å². The van der Waals surface area contributed by atoms with E-state index < -0.39 is 22.1 Å². The van der Waals surface area contributed by atoms with Crippen molar-refractivity contribution in [2.24, 2.45) is 11.8 Å². The number of nitrogens with zero attached hydrogens (tertiary/aromatic N) is 2. The Morgan fingerprint density at radius 3 is 2.10 bits per heavy atom. The van der Waals surface area contributed by atoms with Crippen LogP contribution in [0, 0.1) is 11.8 Å². The first-order chi connectivity index (χ1) is 14.3. The van der Waals surface area contributed by atoms with Gasteiger partial charge in [-0.15, -0.1) is 0 Å². The fourth-order valence-electron chi connectivity index (χ4n) is 4.33. The largest absolute Gasteiger partial charge is 0.449 e. The molecular weight excluding hydrogens is 416 g/mol. The third-order valence-electron chi connectivity index (χ3n) is 5.54. The zero-order valence-corrected chi connectivity index (χ0v) is 20.5. The smallest absolute Gasteiger partial charge is 0.338 e. The summed E-state index contributed by atoms with van der Waals surface area (Å²) >= 11 is 0. The Morgan fingerprint density at radius 2 is 1.58 bits per heavy atom. The van der Waals surface area contributed by atoms with E-state index >= 15 is 0 Å². The van der Waals surface area contributed by atoms with Crippen LogP contribution in [0.25, 0.3) is 0 Å². The minimum absolute atomic E-state index is 0.0311. The zero-order chi connectivity index (χ0) is 23.5. The molecule has 31 heavy (non-hydrogen) atoms. The molecule has 1 aromatic carbocycles. The number of hydrogen-bond donors (Lipinski definition) is 0. The van der Waals surface area contributed by atoms with Crippen LogP contribution >= 0.6 is 0 Å². The summed E-state index contributed by atoms with van der Waals surface area (Å²) in [6.07, 6.45) is 0.0232. The number of benzene rings is 1. The summed E-state index contributed by atoms with van der Waals surface area (Å²) in [5.74, 6) is -0.434. The van der Waals surface area contributed by atoms with Crippen LogP contribution in [-0.2, 0) is 19.6 Å². The lowest BCUT2D eigenvalue weighted by Crippen LogP contribution is -2.47. The highest BCUT2D eigenvalue weighted by atomic mass is 32.2. The number of rotatable bonds is 7. The summed E-state index contributed by atoms with van der Waals surface area (Å²) in [5.41, 5.74) is 0.111. The Morgan fingerprint density at radius 1 is 1.03 bits per heavy atom. The van der Waals surface area contributed by atoms with E-state index in [1.807, 2.05) is 41.5 Å². The second-order valence-electron chi connectivity index (χ2n) is 9.28. The number of sulfonamides is 1. The van der Waals surface area contributed by atoms with Gasteiger partial charge in [-0.2, -0.15) is 4.31 Å². The van der Waals surface area contributed by atoms with Crippen molar-refractivity contribution in [1.29, 1.82) is 0 Å². The molecule has 1 fully saturated rings. The van der Waals surface area contributed by atoms with Gasteiger partial charge in [-0.1, -0.05) is 19.9 Å². The Labute approximate surface area is 186 Å². The van der Waals surface area contributed by atoms with Gasteiger partial charge in [-0.3, -0.25) is 4.79 Å². The van der Waals surface area contributed by atoms with Gasteiger partial charge in [-0.25, -0.2) is 13.2 Å². The van der Waals surface area contributed by atoms with E-state index in [-0.39, 0.29) is 40.3 Å². The third-order valence-corrected chi connectivity index (χ3v) is 7.37. The summed E-state index contributed by atoms with van der Waals surface area (Å²) < 4.78 is 33.2. The molecule has 0 aromatic heterocycles. The van der Waals surface area contributed by atoms with Crippen molar-refractivity contribution in [3.8, 4) is 0 Å². The normalized spacial score (nSPS) is 21.2. The molecule has 0 aliphatic carbocycles. The average molecular weight is 453 g/mol. The molecule has 0 bridgehead atoms. The molecule has 0 saturated carbocycles. The molecule has 3 atom stereocenters. The van der Waals surface area contributed by atoms with Crippen molar-refractivity contribution in [3.63, 3.8) is 0 Å². The van der Waals surface area contributed by atoms with E-state index in [0.29, 0.717) is 13.1 Å². The van der Waals surface area contributed by atoms with Crippen molar-refractivity contribution in [1.82, 2.24) is 9.21 Å². The molecule has 1 aromatic rings. The van der Waals surface area contributed by atoms with Crippen LogP contribution in [0.3, 0.4) is 0 Å². The Kier molecular flexibility index (Phi) is 8.27. The maximum atomic E-state index is 13.1. The van der Waals surface area contributed by atoms with Crippen LogP contribution in [0.15, 0.2) is 29.2 Å². The molecule has 1 amide bonds. The fraction of sp³-hybridized carbons (Fsp3) is 0.652. The van der Waals surface area contributed by atoms with Crippen LogP contribution in [0.4, 0.5) is 0 Å². The van der Waals surface area contributed by atoms with E-state index in [9.17, 15) is 18.0 Å². The molecule has 174 valence electrons. The minimum atomic E-state index is -3.71. The minimum Gasteiger partial charge on any atom is -0.449 e. The predicted octanol–water partition coefficient (Wildman–Crippen LogP) is 3.54. The summed E-state index contributed by atoms with van der Waals surface area (Å²) in [6.45, 7) is 14.2. The van der Waals surface area contributed by atoms with Gasteiger partial charge in [0.2, 0.25) is 10.0 Å². The van der Waals surface area contributed by atoms with Crippen molar-refractivity contribution >= 4 is 21.9 Å². The lowest BCUT2D eigenvalue weighted by Gasteiger charge is -2.34. The number of amides is 1. The number of esters is 1. The number of carbonyl (C=O) groups is 2. The monoisotopic (exact) mass is 452 g/mol. The average Bonchev–Trinajstić information content (AvgIpc) is 2.66. The van der Waals surface area contributed by atoms with Crippen molar-refractivity contribution in [2.75, 3.05) is 13.1 Å². The van der Waals surface area contributed by atoms with Gasteiger partial charge in [0.05, 0.1) is 10.5 Å². The van der Waals surface area contributed by atoms with Crippen molar-refractivity contribution in [3.05, 3.63) is 29.8 Å². The second-order valence-corrected chi connectivity index (χ2v) is 11.2. The first-order valence-electron chi connectivity index (χ1n) is 11.0. The lowest BCUT2D eigenvalue weighted by molar-refractivity contribution is -0.143. The van der Waals surface area contributed by atoms with Gasteiger partial charge in [0.25, 0.3) is 5.91 Å². The van der Waals surface area contributed by atoms with E-state index in [1.165, 1.54) is 35.5 Å². The van der Waals surface area contributed by atoms with E-state index in [1.54, 1.807) is 4.90 Å². The van der Waals surface area contributed by atoms with Gasteiger partial charge in [0.15, 0.2) is 6.10 Å². The molecule has 2 rings (SSSR count). The first kappa shape index (κ1) is 25.3. The molecule has 0 radical (unpaired) electrons. The van der Waals surface area contributed by atoms with Crippen LogP contribution in [0.1, 0.15) is 65.2 Å². The van der Waals surface area contributed by atoms with Gasteiger partial charge in [0, 0.05) is 25.2 Å². The number of carbonyl (C=O) groups excluding carboxylic acids is 2. The molecular formula is C23H36N2O5S. The predicted molar refractivity (Wildman–Crippen MR) is 120 cm³/mol. The third kappa shape index (κ3) is 6.07. The maximum absolute atomic E-state index is 13.1. The maximum Gasteiger partial charge on any atom is 0.338 e. The van der Waals surface area contributed by atoms with Gasteiger partial charge in [0.1, 0.15) is 0 Å². The summed E-state index contributed by atoms with van der Waals surface area (Å²) in [7, 11) is -3.71. The molecule has 1 aliphatic heterocycles. The summed E-state index contributed by atoms with van der Waals surface area (Å²) in [5, 5.41) is 0. The van der Waals surface area contributed by atoms with Crippen molar-refractivity contribution < 1.29 is 22.7 Å². The fourth-order valence-corrected chi connectivity index (χ4v) is 6.05. The molecule has 3 unspecified atom stereocenters. The SMILES string of the molecule is CC1CC(C)CN(S(=O)(=O)c2cccc(C(=O)OC(C)C(=O)N(C(C)C)C(C)C)c2)C1. The Hall–Kier alpha value is -1.93. The van der Waals surface area contributed by atoms with Crippen LogP contribution in [0.5, 0.6) is 0 Å². The Balaban J connectivity index is 2.19. The number of piperidine rings is 1. The molecule has 1 saturated heterocycles. The second kappa shape index (κ2) is 10.1. The molecule has 0 N–H and O–H groups in total. The topological polar surface area (TPSA) is 84.0 Å².